The molecule has 0 bridgehead atoms. The SMILES string of the molecule is C[C@H]1CCCCN1C(=O)c1nn2c(C(F)(F)F)cc(-c3ccccc3)nc2c1Br. The molecule has 152 valence electrons. The molecule has 1 saturated heterocycles. The molecular weight excluding hydrogens is 449 g/mol. The summed E-state index contributed by atoms with van der Waals surface area (Å²) in [7, 11) is 0. The van der Waals surface area contributed by atoms with Crippen molar-refractivity contribution in [3.63, 3.8) is 0 Å². The predicted octanol–water partition coefficient (Wildman–Crippen LogP) is 5.19. The van der Waals surface area contributed by atoms with Gasteiger partial charge in [-0.1, -0.05) is 30.3 Å². The van der Waals surface area contributed by atoms with Crippen LogP contribution in [0.25, 0.3) is 16.9 Å². The van der Waals surface area contributed by atoms with Crippen LogP contribution in [0.1, 0.15) is 42.4 Å². The summed E-state index contributed by atoms with van der Waals surface area (Å²) in [4.78, 5) is 19.1. The fraction of sp³-hybridized carbons (Fsp3) is 0.350. The molecule has 0 aliphatic carbocycles. The van der Waals surface area contributed by atoms with Crippen molar-refractivity contribution in [3.8, 4) is 11.3 Å². The summed E-state index contributed by atoms with van der Waals surface area (Å²) in [6.45, 7) is 2.50. The lowest BCUT2D eigenvalue weighted by Crippen LogP contribution is -2.42. The van der Waals surface area contributed by atoms with Gasteiger partial charge < -0.3 is 4.90 Å². The third-order valence-electron chi connectivity index (χ3n) is 5.16. The molecule has 29 heavy (non-hydrogen) atoms. The highest BCUT2D eigenvalue weighted by Gasteiger charge is 2.37. The van der Waals surface area contributed by atoms with Crippen molar-refractivity contribution in [1.82, 2.24) is 19.5 Å². The van der Waals surface area contributed by atoms with Gasteiger partial charge in [-0.2, -0.15) is 18.3 Å². The van der Waals surface area contributed by atoms with Crippen LogP contribution in [0, 0.1) is 0 Å². The minimum atomic E-state index is -4.66. The first-order valence-electron chi connectivity index (χ1n) is 9.30. The Morgan fingerprint density at radius 3 is 2.59 bits per heavy atom. The number of hydrogen-bond acceptors (Lipinski definition) is 3. The predicted molar refractivity (Wildman–Crippen MR) is 105 cm³/mol. The highest BCUT2D eigenvalue weighted by atomic mass is 79.9. The zero-order valence-electron chi connectivity index (χ0n) is 15.6. The van der Waals surface area contributed by atoms with Gasteiger partial charge in [-0.05, 0) is 48.2 Å². The number of halogens is 4. The summed E-state index contributed by atoms with van der Waals surface area (Å²) in [6, 6.07) is 9.58. The van der Waals surface area contributed by atoms with Gasteiger partial charge in [0.2, 0.25) is 0 Å². The number of alkyl halides is 3. The van der Waals surface area contributed by atoms with E-state index < -0.39 is 11.9 Å². The molecule has 0 N–H and O–H groups in total. The lowest BCUT2D eigenvalue weighted by molar-refractivity contribution is -0.142. The minimum Gasteiger partial charge on any atom is -0.335 e. The number of carbonyl (C=O) groups is 1. The van der Waals surface area contributed by atoms with E-state index >= 15 is 0 Å². The number of benzene rings is 1. The maximum Gasteiger partial charge on any atom is 0.433 e. The van der Waals surface area contributed by atoms with E-state index in [2.05, 4.69) is 26.0 Å². The fourth-order valence-electron chi connectivity index (χ4n) is 3.62. The Bertz CT molecular complexity index is 1070. The number of amides is 1. The summed E-state index contributed by atoms with van der Waals surface area (Å²) in [5.74, 6) is -0.385. The summed E-state index contributed by atoms with van der Waals surface area (Å²) in [5.41, 5.74) is -0.357. The van der Waals surface area contributed by atoms with E-state index in [0.717, 1.165) is 25.3 Å². The van der Waals surface area contributed by atoms with Gasteiger partial charge in [-0.25, -0.2) is 9.50 Å². The Kier molecular flexibility index (Phi) is 5.10. The first-order chi connectivity index (χ1) is 13.8. The molecule has 1 aliphatic rings. The molecule has 3 heterocycles. The highest BCUT2D eigenvalue weighted by molar-refractivity contribution is 9.10. The molecule has 0 unspecified atom stereocenters. The standard InChI is InChI=1S/C20H18BrF3N4O/c1-12-7-5-6-10-27(12)19(29)17-16(21)18-25-14(13-8-3-2-4-9-13)11-15(20(22,23)24)28(18)26-17/h2-4,8-9,11-12H,5-7,10H2,1H3/t12-/m0/s1. The van der Waals surface area contributed by atoms with Crippen molar-refractivity contribution < 1.29 is 18.0 Å². The van der Waals surface area contributed by atoms with E-state index in [1.165, 1.54) is 0 Å². The molecule has 9 heteroatoms. The van der Waals surface area contributed by atoms with Crippen LogP contribution < -0.4 is 0 Å². The number of piperidine rings is 1. The van der Waals surface area contributed by atoms with Crippen molar-refractivity contribution >= 4 is 27.5 Å². The summed E-state index contributed by atoms with van der Waals surface area (Å²) >= 11 is 3.29. The van der Waals surface area contributed by atoms with Crippen LogP contribution in [0.4, 0.5) is 13.2 Å². The zero-order valence-corrected chi connectivity index (χ0v) is 17.2. The normalized spacial score (nSPS) is 17.7. The molecule has 0 radical (unpaired) electrons. The zero-order chi connectivity index (χ0) is 20.8. The van der Waals surface area contributed by atoms with Crippen LogP contribution in [0.15, 0.2) is 40.9 Å². The van der Waals surface area contributed by atoms with Crippen LogP contribution in [0.5, 0.6) is 0 Å². The molecule has 1 amide bonds. The topological polar surface area (TPSA) is 50.5 Å². The first kappa shape index (κ1) is 19.9. The smallest absolute Gasteiger partial charge is 0.335 e. The number of fused-ring (bicyclic) bond motifs is 1. The molecule has 0 saturated carbocycles. The maximum absolute atomic E-state index is 13.8. The summed E-state index contributed by atoms with van der Waals surface area (Å²) in [5, 5.41) is 4.02. The van der Waals surface area contributed by atoms with Gasteiger partial charge in [0, 0.05) is 18.2 Å². The van der Waals surface area contributed by atoms with Crippen molar-refractivity contribution in [1.29, 1.82) is 0 Å². The van der Waals surface area contributed by atoms with E-state index in [4.69, 9.17) is 0 Å². The second-order valence-electron chi connectivity index (χ2n) is 7.13. The van der Waals surface area contributed by atoms with Gasteiger partial charge in [-0.3, -0.25) is 4.79 Å². The Morgan fingerprint density at radius 2 is 1.93 bits per heavy atom. The lowest BCUT2D eigenvalue weighted by atomic mass is 10.0. The number of hydrogen-bond donors (Lipinski definition) is 0. The highest BCUT2D eigenvalue weighted by Crippen LogP contribution is 2.35. The number of carbonyl (C=O) groups excluding carboxylic acids is 1. The molecule has 1 atom stereocenters. The quantitative estimate of drug-likeness (QED) is 0.521. The van der Waals surface area contributed by atoms with Gasteiger partial charge in [0.15, 0.2) is 17.0 Å². The van der Waals surface area contributed by atoms with E-state index in [1.54, 1.807) is 35.2 Å². The lowest BCUT2D eigenvalue weighted by Gasteiger charge is -2.32. The van der Waals surface area contributed by atoms with E-state index in [1.807, 2.05) is 6.92 Å². The molecule has 5 nitrogen and oxygen atoms in total. The third kappa shape index (κ3) is 3.63. The monoisotopic (exact) mass is 466 g/mol. The molecular formula is C20H18BrF3N4O. The Hall–Kier alpha value is -2.42. The van der Waals surface area contributed by atoms with Gasteiger partial charge in [0.05, 0.1) is 10.2 Å². The Morgan fingerprint density at radius 1 is 1.21 bits per heavy atom. The molecule has 2 aromatic heterocycles. The van der Waals surface area contributed by atoms with Gasteiger partial charge in [-0.15, -0.1) is 0 Å². The number of nitrogens with zero attached hydrogens (tertiary/aromatic N) is 4. The molecule has 1 fully saturated rings. The molecule has 3 aromatic rings. The van der Waals surface area contributed by atoms with Gasteiger partial charge >= 0.3 is 6.18 Å². The van der Waals surface area contributed by atoms with Crippen LogP contribution in [-0.4, -0.2) is 38.0 Å². The van der Waals surface area contributed by atoms with E-state index in [9.17, 15) is 18.0 Å². The van der Waals surface area contributed by atoms with Crippen LogP contribution in [0.2, 0.25) is 0 Å². The Balaban J connectivity index is 1.89. The molecule has 4 rings (SSSR count). The van der Waals surface area contributed by atoms with Gasteiger partial charge in [0.25, 0.3) is 5.91 Å². The van der Waals surface area contributed by atoms with Crippen molar-refractivity contribution in [2.75, 3.05) is 6.54 Å². The average Bonchev–Trinajstić information content (AvgIpc) is 3.03. The number of aromatic nitrogens is 3. The van der Waals surface area contributed by atoms with E-state index in [-0.39, 0.29) is 33.5 Å². The minimum absolute atomic E-state index is 0.0166. The fourth-order valence-corrected chi connectivity index (χ4v) is 4.13. The first-order valence-corrected chi connectivity index (χ1v) is 10.1. The van der Waals surface area contributed by atoms with Crippen LogP contribution >= 0.6 is 15.9 Å². The second-order valence-corrected chi connectivity index (χ2v) is 7.92. The maximum atomic E-state index is 13.8. The molecule has 0 spiro atoms. The molecule has 1 aromatic carbocycles. The molecule has 1 aliphatic heterocycles. The average molecular weight is 467 g/mol. The van der Waals surface area contributed by atoms with Crippen molar-refractivity contribution in [3.05, 3.63) is 52.3 Å². The summed E-state index contributed by atoms with van der Waals surface area (Å²) in [6.07, 6.45) is -1.90. The largest absolute Gasteiger partial charge is 0.433 e. The van der Waals surface area contributed by atoms with Crippen LogP contribution in [-0.2, 0) is 6.18 Å². The van der Waals surface area contributed by atoms with Crippen LogP contribution in [0.3, 0.4) is 0 Å². The number of likely N-dealkylation sites (tertiary alicyclic amines) is 1. The third-order valence-corrected chi connectivity index (χ3v) is 5.89. The number of rotatable bonds is 2. The Labute approximate surface area is 173 Å². The second kappa shape index (κ2) is 7.44. The van der Waals surface area contributed by atoms with Crippen molar-refractivity contribution in [2.24, 2.45) is 0 Å². The summed E-state index contributed by atoms with van der Waals surface area (Å²) < 4.78 is 42.2. The van der Waals surface area contributed by atoms with E-state index in [0.29, 0.717) is 16.6 Å². The van der Waals surface area contributed by atoms with Gasteiger partial charge in [0.1, 0.15) is 0 Å². The van der Waals surface area contributed by atoms with Crippen molar-refractivity contribution in [2.45, 2.75) is 38.4 Å².